The zero-order chi connectivity index (χ0) is 14.2. The fraction of sp³-hybridized carbons (Fsp3) is 0.500. The Hall–Kier alpha value is -1.42. The SMILES string of the molecule is CCCCCNC(=O)CCCc1nc2ccccc2s1. The van der Waals surface area contributed by atoms with Crippen molar-refractivity contribution in [1.82, 2.24) is 10.3 Å². The average molecular weight is 290 g/mol. The molecule has 0 aliphatic heterocycles. The molecule has 4 heteroatoms. The normalized spacial score (nSPS) is 10.8. The van der Waals surface area contributed by atoms with Crippen LogP contribution in [-0.2, 0) is 11.2 Å². The molecule has 0 fully saturated rings. The van der Waals surface area contributed by atoms with Crippen LogP contribution >= 0.6 is 11.3 Å². The first-order valence-electron chi connectivity index (χ1n) is 7.40. The number of nitrogens with zero attached hydrogens (tertiary/aromatic N) is 1. The first kappa shape index (κ1) is 15.0. The second-order valence-corrected chi connectivity index (χ2v) is 6.10. The lowest BCUT2D eigenvalue weighted by Crippen LogP contribution is -2.24. The van der Waals surface area contributed by atoms with Gasteiger partial charge in [0.25, 0.3) is 0 Å². The van der Waals surface area contributed by atoms with Gasteiger partial charge in [0.2, 0.25) is 5.91 Å². The molecule has 0 aliphatic carbocycles. The summed E-state index contributed by atoms with van der Waals surface area (Å²) in [5.74, 6) is 0.169. The Morgan fingerprint density at radius 3 is 2.90 bits per heavy atom. The molecule has 3 nitrogen and oxygen atoms in total. The van der Waals surface area contributed by atoms with Gasteiger partial charge in [0, 0.05) is 13.0 Å². The van der Waals surface area contributed by atoms with Gasteiger partial charge in [0.1, 0.15) is 0 Å². The number of amides is 1. The highest BCUT2D eigenvalue weighted by atomic mass is 32.1. The maximum Gasteiger partial charge on any atom is 0.220 e. The molecule has 0 aliphatic rings. The van der Waals surface area contributed by atoms with Crippen molar-refractivity contribution in [2.75, 3.05) is 6.54 Å². The predicted octanol–water partition coefficient (Wildman–Crippen LogP) is 3.93. The van der Waals surface area contributed by atoms with E-state index in [1.54, 1.807) is 11.3 Å². The molecule has 0 spiro atoms. The molecule has 0 saturated heterocycles. The molecule has 0 saturated carbocycles. The minimum atomic E-state index is 0.169. The average Bonchev–Trinajstić information content (AvgIpc) is 2.86. The summed E-state index contributed by atoms with van der Waals surface area (Å²) >= 11 is 1.73. The van der Waals surface area contributed by atoms with Crippen LogP contribution in [0, 0.1) is 0 Å². The summed E-state index contributed by atoms with van der Waals surface area (Å²) in [6.07, 6.45) is 5.82. The Morgan fingerprint density at radius 2 is 2.10 bits per heavy atom. The monoisotopic (exact) mass is 290 g/mol. The van der Waals surface area contributed by atoms with Crippen LogP contribution in [0.3, 0.4) is 0 Å². The Bertz CT molecular complexity index is 517. The second kappa shape index (κ2) is 8.00. The van der Waals surface area contributed by atoms with Crippen LogP contribution in [-0.4, -0.2) is 17.4 Å². The van der Waals surface area contributed by atoms with Gasteiger partial charge < -0.3 is 5.32 Å². The van der Waals surface area contributed by atoms with Gasteiger partial charge in [-0.15, -0.1) is 11.3 Å². The van der Waals surface area contributed by atoms with Crippen LogP contribution < -0.4 is 5.32 Å². The number of hydrogen-bond acceptors (Lipinski definition) is 3. The second-order valence-electron chi connectivity index (χ2n) is 4.99. The summed E-state index contributed by atoms with van der Waals surface area (Å²) in [7, 11) is 0. The third-order valence-corrected chi connectivity index (χ3v) is 4.33. The molecule has 0 radical (unpaired) electrons. The van der Waals surface area contributed by atoms with E-state index in [0.717, 1.165) is 36.3 Å². The van der Waals surface area contributed by atoms with Crippen molar-refractivity contribution in [3.8, 4) is 0 Å². The molecule has 1 amide bonds. The molecule has 1 heterocycles. The van der Waals surface area contributed by atoms with Crippen molar-refractivity contribution in [1.29, 1.82) is 0 Å². The molecular weight excluding hydrogens is 268 g/mol. The smallest absolute Gasteiger partial charge is 0.220 e. The number of unbranched alkanes of at least 4 members (excludes halogenated alkanes) is 2. The third kappa shape index (κ3) is 4.60. The molecular formula is C16H22N2OS. The molecule has 0 atom stereocenters. The van der Waals surface area contributed by atoms with Gasteiger partial charge in [-0.2, -0.15) is 0 Å². The van der Waals surface area contributed by atoms with Crippen LogP contribution in [0.15, 0.2) is 24.3 Å². The molecule has 0 bridgehead atoms. The van der Waals surface area contributed by atoms with E-state index in [1.807, 2.05) is 18.2 Å². The molecule has 108 valence electrons. The number of benzene rings is 1. The number of rotatable bonds is 8. The summed E-state index contributed by atoms with van der Waals surface area (Å²) in [4.78, 5) is 16.2. The lowest BCUT2D eigenvalue weighted by molar-refractivity contribution is -0.121. The highest BCUT2D eigenvalue weighted by Gasteiger charge is 2.05. The maximum absolute atomic E-state index is 11.6. The number of thiazole rings is 1. The zero-order valence-corrected chi connectivity index (χ0v) is 12.8. The van der Waals surface area contributed by atoms with E-state index < -0.39 is 0 Å². The summed E-state index contributed by atoms with van der Waals surface area (Å²) < 4.78 is 1.23. The summed E-state index contributed by atoms with van der Waals surface area (Å²) in [5.41, 5.74) is 1.07. The quantitative estimate of drug-likeness (QED) is 0.749. The molecule has 1 aromatic heterocycles. The first-order chi connectivity index (χ1) is 9.79. The molecule has 2 rings (SSSR count). The van der Waals surface area contributed by atoms with Crippen molar-refractivity contribution in [2.45, 2.75) is 45.4 Å². The topological polar surface area (TPSA) is 42.0 Å². The van der Waals surface area contributed by atoms with Crippen LogP contribution in [0.25, 0.3) is 10.2 Å². The van der Waals surface area contributed by atoms with Gasteiger partial charge in [0.15, 0.2) is 0 Å². The van der Waals surface area contributed by atoms with E-state index in [2.05, 4.69) is 23.3 Å². The van der Waals surface area contributed by atoms with Gasteiger partial charge in [-0.25, -0.2) is 4.98 Å². The van der Waals surface area contributed by atoms with E-state index >= 15 is 0 Å². The highest BCUT2D eigenvalue weighted by molar-refractivity contribution is 7.18. The summed E-state index contributed by atoms with van der Waals surface area (Å²) in [6, 6.07) is 8.18. The highest BCUT2D eigenvalue weighted by Crippen LogP contribution is 2.22. The number of carbonyl (C=O) groups is 1. The third-order valence-electron chi connectivity index (χ3n) is 3.24. The van der Waals surface area contributed by atoms with E-state index in [1.165, 1.54) is 17.5 Å². The fourth-order valence-corrected chi connectivity index (χ4v) is 3.13. The number of fused-ring (bicyclic) bond motifs is 1. The van der Waals surface area contributed by atoms with Crippen LogP contribution in [0.1, 0.15) is 44.0 Å². The molecule has 1 aromatic carbocycles. The van der Waals surface area contributed by atoms with Crippen molar-refractivity contribution in [2.24, 2.45) is 0 Å². The van der Waals surface area contributed by atoms with E-state index in [4.69, 9.17) is 0 Å². The number of para-hydroxylation sites is 1. The van der Waals surface area contributed by atoms with Gasteiger partial charge in [-0.05, 0) is 31.4 Å². The number of hydrogen-bond donors (Lipinski definition) is 1. The van der Waals surface area contributed by atoms with Gasteiger partial charge in [0.05, 0.1) is 15.2 Å². The van der Waals surface area contributed by atoms with Crippen LogP contribution in [0.2, 0.25) is 0 Å². The Labute approximate surface area is 124 Å². The Kier molecular flexibility index (Phi) is 5.99. The van der Waals surface area contributed by atoms with Gasteiger partial charge in [-0.3, -0.25) is 4.79 Å². The van der Waals surface area contributed by atoms with E-state index in [9.17, 15) is 4.79 Å². The lowest BCUT2D eigenvalue weighted by atomic mass is 10.2. The van der Waals surface area contributed by atoms with Crippen LogP contribution in [0.4, 0.5) is 0 Å². The molecule has 2 aromatic rings. The first-order valence-corrected chi connectivity index (χ1v) is 8.22. The van der Waals surface area contributed by atoms with Crippen LogP contribution in [0.5, 0.6) is 0 Å². The van der Waals surface area contributed by atoms with Gasteiger partial charge >= 0.3 is 0 Å². The Balaban J connectivity index is 1.68. The van der Waals surface area contributed by atoms with E-state index in [0.29, 0.717) is 6.42 Å². The number of carbonyl (C=O) groups excluding carboxylic acids is 1. The minimum absolute atomic E-state index is 0.169. The fourth-order valence-electron chi connectivity index (χ4n) is 2.12. The predicted molar refractivity (Wildman–Crippen MR) is 85.1 cm³/mol. The lowest BCUT2D eigenvalue weighted by Gasteiger charge is -2.03. The summed E-state index contributed by atoms with van der Waals surface area (Å²) in [5, 5.41) is 4.10. The molecule has 0 unspecified atom stereocenters. The van der Waals surface area contributed by atoms with E-state index in [-0.39, 0.29) is 5.91 Å². The number of aryl methyl sites for hydroxylation is 1. The minimum Gasteiger partial charge on any atom is -0.356 e. The maximum atomic E-state index is 11.6. The van der Waals surface area contributed by atoms with Crippen molar-refractivity contribution < 1.29 is 4.79 Å². The van der Waals surface area contributed by atoms with Crippen molar-refractivity contribution in [3.05, 3.63) is 29.3 Å². The van der Waals surface area contributed by atoms with Gasteiger partial charge in [-0.1, -0.05) is 31.9 Å². The standard InChI is InChI=1S/C16H22N2OS/c1-2-3-6-12-17-15(19)10-7-11-16-18-13-8-4-5-9-14(13)20-16/h4-5,8-9H,2-3,6-7,10-12H2,1H3,(H,17,19). The van der Waals surface area contributed by atoms with Crippen molar-refractivity contribution in [3.63, 3.8) is 0 Å². The molecule has 1 N–H and O–H groups in total. The zero-order valence-electron chi connectivity index (χ0n) is 12.0. The number of aromatic nitrogens is 1. The summed E-state index contributed by atoms with van der Waals surface area (Å²) in [6.45, 7) is 2.98. The molecule has 20 heavy (non-hydrogen) atoms. The Morgan fingerprint density at radius 1 is 1.25 bits per heavy atom. The largest absolute Gasteiger partial charge is 0.356 e. The van der Waals surface area contributed by atoms with Crippen molar-refractivity contribution >= 4 is 27.5 Å². The number of nitrogens with one attached hydrogen (secondary N) is 1.